The van der Waals surface area contributed by atoms with Gasteiger partial charge in [-0.2, -0.15) is 0 Å². The first-order valence-electron chi connectivity index (χ1n) is 12.7. The topological polar surface area (TPSA) is 3.24 Å². The summed E-state index contributed by atoms with van der Waals surface area (Å²) in [5.74, 6) is 0. The zero-order valence-corrected chi connectivity index (χ0v) is 21.6. The minimum absolute atomic E-state index is 0.0607. The first kappa shape index (κ1) is 22.2. The van der Waals surface area contributed by atoms with Crippen LogP contribution >= 0.6 is 11.6 Å². The SMILES string of the molecule is CC1(C)c2ccccc2-c2ccc(N3c4ccc(Cl)cc4C=Cc4cc(-c5ccccc5)ccc43)cc21. The third-order valence-corrected chi connectivity index (χ3v) is 8.11. The van der Waals surface area contributed by atoms with E-state index in [2.05, 4.69) is 134 Å². The highest BCUT2D eigenvalue weighted by Gasteiger charge is 2.36. The summed E-state index contributed by atoms with van der Waals surface area (Å²) in [6.07, 6.45) is 4.39. The van der Waals surface area contributed by atoms with Gasteiger partial charge in [0.2, 0.25) is 0 Å². The largest absolute Gasteiger partial charge is 0.309 e. The van der Waals surface area contributed by atoms with Crippen LogP contribution in [0.15, 0.2) is 109 Å². The minimum atomic E-state index is -0.0607. The number of hydrogen-bond acceptors (Lipinski definition) is 1. The monoisotopic (exact) mass is 495 g/mol. The highest BCUT2D eigenvalue weighted by Crippen LogP contribution is 2.51. The van der Waals surface area contributed by atoms with E-state index in [1.165, 1.54) is 38.9 Å². The molecule has 2 heteroatoms. The van der Waals surface area contributed by atoms with E-state index in [9.17, 15) is 0 Å². The molecule has 0 spiro atoms. The van der Waals surface area contributed by atoms with E-state index < -0.39 is 0 Å². The second-order valence-electron chi connectivity index (χ2n) is 10.4. The highest BCUT2D eigenvalue weighted by molar-refractivity contribution is 6.31. The van der Waals surface area contributed by atoms with Crippen molar-refractivity contribution in [1.82, 2.24) is 0 Å². The van der Waals surface area contributed by atoms with Gasteiger partial charge < -0.3 is 4.90 Å². The van der Waals surface area contributed by atoms with Gasteiger partial charge in [0.15, 0.2) is 0 Å². The molecule has 0 saturated carbocycles. The molecule has 0 saturated heterocycles. The molecule has 5 aromatic carbocycles. The standard InChI is InChI=1S/C35H26ClN/c1-35(2)31-11-7-6-10-29(31)30-17-16-28(22-32(30)35)37-33-18-14-24(23-8-4-3-5-9-23)20-25(33)12-13-26-21-27(36)15-19-34(26)37/h3-22H,1-2H3. The maximum Gasteiger partial charge on any atom is 0.0535 e. The second-order valence-corrected chi connectivity index (χ2v) is 10.8. The van der Waals surface area contributed by atoms with Gasteiger partial charge in [0.05, 0.1) is 11.4 Å². The zero-order chi connectivity index (χ0) is 25.1. The normalized spacial score (nSPS) is 14.4. The van der Waals surface area contributed by atoms with E-state index in [-0.39, 0.29) is 5.41 Å². The summed E-state index contributed by atoms with van der Waals surface area (Å²) in [7, 11) is 0. The van der Waals surface area contributed by atoms with Crippen molar-refractivity contribution in [2.75, 3.05) is 4.90 Å². The highest BCUT2D eigenvalue weighted by atomic mass is 35.5. The van der Waals surface area contributed by atoms with Crippen molar-refractivity contribution in [3.63, 3.8) is 0 Å². The predicted molar refractivity (Wildman–Crippen MR) is 158 cm³/mol. The quantitative estimate of drug-likeness (QED) is 0.231. The molecular weight excluding hydrogens is 470 g/mol. The molecule has 0 amide bonds. The number of rotatable bonds is 2. The lowest BCUT2D eigenvalue weighted by Crippen LogP contribution is -2.17. The van der Waals surface area contributed by atoms with Gasteiger partial charge in [0, 0.05) is 16.1 Å². The summed E-state index contributed by atoms with van der Waals surface area (Å²) in [5.41, 5.74) is 13.5. The second kappa shape index (κ2) is 8.23. The Morgan fingerprint density at radius 2 is 1.24 bits per heavy atom. The molecule has 37 heavy (non-hydrogen) atoms. The van der Waals surface area contributed by atoms with Gasteiger partial charge in [-0.1, -0.05) is 104 Å². The van der Waals surface area contributed by atoms with Gasteiger partial charge in [0.1, 0.15) is 0 Å². The first-order valence-corrected chi connectivity index (χ1v) is 13.1. The lowest BCUT2D eigenvalue weighted by molar-refractivity contribution is 0.660. The molecule has 7 rings (SSSR count). The molecule has 0 N–H and O–H groups in total. The van der Waals surface area contributed by atoms with Crippen molar-refractivity contribution < 1.29 is 0 Å². The Kier molecular flexibility index (Phi) is 4.93. The van der Waals surface area contributed by atoms with Crippen molar-refractivity contribution in [3.8, 4) is 22.3 Å². The van der Waals surface area contributed by atoms with Gasteiger partial charge in [-0.25, -0.2) is 0 Å². The summed E-state index contributed by atoms with van der Waals surface area (Å²) in [6, 6.07) is 39.2. The number of fused-ring (bicyclic) bond motifs is 5. The van der Waals surface area contributed by atoms with Crippen LogP contribution in [0.2, 0.25) is 5.02 Å². The van der Waals surface area contributed by atoms with Crippen LogP contribution in [0.5, 0.6) is 0 Å². The third kappa shape index (κ3) is 3.46. The van der Waals surface area contributed by atoms with Gasteiger partial charge in [-0.15, -0.1) is 0 Å². The van der Waals surface area contributed by atoms with Crippen molar-refractivity contribution in [2.45, 2.75) is 19.3 Å². The van der Waals surface area contributed by atoms with Crippen molar-refractivity contribution >= 4 is 40.8 Å². The number of hydrogen-bond donors (Lipinski definition) is 0. The Bertz CT molecular complexity index is 1710. The van der Waals surface area contributed by atoms with Crippen LogP contribution in [0.4, 0.5) is 17.1 Å². The summed E-state index contributed by atoms with van der Waals surface area (Å²) in [5, 5.41) is 0.741. The van der Waals surface area contributed by atoms with E-state index in [0.29, 0.717) is 0 Å². The summed E-state index contributed by atoms with van der Waals surface area (Å²) >= 11 is 6.45. The number of nitrogens with zero attached hydrogens (tertiary/aromatic N) is 1. The molecule has 0 fully saturated rings. The smallest absolute Gasteiger partial charge is 0.0535 e. The molecule has 0 unspecified atom stereocenters. The molecule has 0 radical (unpaired) electrons. The van der Waals surface area contributed by atoms with Gasteiger partial charge >= 0.3 is 0 Å². The molecule has 1 heterocycles. The molecule has 1 aliphatic carbocycles. The number of anilines is 3. The fourth-order valence-corrected chi connectivity index (χ4v) is 6.16. The Morgan fingerprint density at radius 1 is 0.568 bits per heavy atom. The third-order valence-electron chi connectivity index (χ3n) is 7.87. The average Bonchev–Trinajstić information content (AvgIpc) is 3.05. The average molecular weight is 496 g/mol. The molecule has 0 aromatic heterocycles. The predicted octanol–water partition coefficient (Wildman–Crippen LogP) is 10.3. The van der Waals surface area contributed by atoms with Crippen LogP contribution in [-0.4, -0.2) is 0 Å². The Balaban J connectivity index is 1.44. The molecule has 0 bridgehead atoms. The molecule has 178 valence electrons. The summed E-state index contributed by atoms with van der Waals surface area (Å²) < 4.78 is 0. The molecule has 1 aliphatic heterocycles. The summed E-state index contributed by atoms with van der Waals surface area (Å²) in [4.78, 5) is 2.38. The molecule has 5 aromatic rings. The molecule has 1 nitrogen and oxygen atoms in total. The van der Waals surface area contributed by atoms with Crippen molar-refractivity contribution in [2.24, 2.45) is 0 Å². The fraction of sp³-hybridized carbons (Fsp3) is 0.0857. The molecule has 2 aliphatic rings. The Hall–Kier alpha value is -4.07. The van der Waals surface area contributed by atoms with Crippen LogP contribution in [0.25, 0.3) is 34.4 Å². The van der Waals surface area contributed by atoms with E-state index >= 15 is 0 Å². The number of halogens is 1. The lowest BCUT2D eigenvalue weighted by Gasteiger charge is -2.29. The Morgan fingerprint density at radius 3 is 2.05 bits per heavy atom. The fourth-order valence-electron chi connectivity index (χ4n) is 5.98. The van der Waals surface area contributed by atoms with Crippen molar-refractivity contribution in [3.05, 3.63) is 136 Å². The maximum absolute atomic E-state index is 6.45. The van der Waals surface area contributed by atoms with Crippen LogP contribution in [0.1, 0.15) is 36.1 Å². The van der Waals surface area contributed by atoms with E-state index in [1.54, 1.807) is 0 Å². The van der Waals surface area contributed by atoms with Gasteiger partial charge in [-0.3, -0.25) is 0 Å². The van der Waals surface area contributed by atoms with Crippen molar-refractivity contribution in [1.29, 1.82) is 0 Å². The van der Waals surface area contributed by atoms with Gasteiger partial charge in [0.25, 0.3) is 0 Å². The summed E-state index contributed by atoms with van der Waals surface area (Å²) in [6.45, 7) is 4.67. The van der Waals surface area contributed by atoms with Crippen LogP contribution in [-0.2, 0) is 5.41 Å². The van der Waals surface area contributed by atoms with E-state index in [0.717, 1.165) is 27.6 Å². The Labute approximate surface area is 223 Å². The zero-order valence-electron chi connectivity index (χ0n) is 20.9. The van der Waals surface area contributed by atoms with E-state index in [1.807, 2.05) is 6.07 Å². The minimum Gasteiger partial charge on any atom is -0.309 e. The maximum atomic E-state index is 6.45. The van der Waals surface area contributed by atoms with Gasteiger partial charge in [-0.05, 0) is 87.0 Å². The van der Waals surface area contributed by atoms with Crippen LogP contribution in [0.3, 0.4) is 0 Å². The lowest BCUT2D eigenvalue weighted by atomic mass is 9.82. The number of benzene rings is 5. The first-order chi connectivity index (χ1) is 18.0. The molecular formula is C35H26ClN. The molecule has 0 atom stereocenters. The van der Waals surface area contributed by atoms with Crippen LogP contribution < -0.4 is 4.90 Å². The van der Waals surface area contributed by atoms with Crippen LogP contribution in [0, 0.1) is 0 Å². The van der Waals surface area contributed by atoms with E-state index in [4.69, 9.17) is 11.6 Å².